The Hall–Kier alpha value is -2.47. The van der Waals surface area contributed by atoms with Crippen LogP contribution in [0.4, 0.5) is 0 Å². The molecule has 1 saturated heterocycles. The molecule has 0 N–H and O–H groups in total. The molecule has 1 saturated carbocycles. The average molecular weight is 382 g/mol. The number of rotatable bonds is 4. The minimum absolute atomic E-state index is 0.136. The standard InChI is InChI=1S/C21H22N2O3S/c24-21-19(22-15-16-9-3-1-4-10-16)20(17-11-5-2-6-12-17)27(25,26)23(21)18-13-7-8-14-18/h1-6,9-12,18,20H,7-8,13-15H2. The Balaban J connectivity index is 1.77. The number of hydrogen-bond acceptors (Lipinski definition) is 4. The summed E-state index contributed by atoms with van der Waals surface area (Å²) in [4.78, 5) is 17.6. The summed E-state index contributed by atoms with van der Waals surface area (Å²) < 4.78 is 27.8. The van der Waals surface area contributed by atoms with Crippen LogP contribution in [0.5, 0.6) is 0 Å². The van der Waals surface area contributed by atoms with Gasteiger partial charge in [0.15, 0.2) is 5.25 Å². The number of carbonyl (C=O) groups is 1. The maximum atomic E-state index is 13.3. The summed E-state index contributed by atoms with van der Waals surface area (Å²) in [7, 11) is -3.81. The summed E-state index contributed by atoms with van der Waals surface area (Å²) in [5, 5.41) is -1.02. The van der Waals surface area contributed by atoms with E-state index in [0.717, 1.165) is 35.6 Å². The first-order valence-electron chi connectivity index (χ1n) is 9.30. The highest BCUT2D eigenvalue weighted by Crippen LogP contribution is 2.39. The van der Waals surface area contributed by atoms with Gasteiger partial charge in [-0.3, -0.25) is 9.79 Å². The predicted molar refractivity (Wildman–Crippen MR) is 105 cm³/mol. The molecular weight excluding hydrogens is 360 g/mol. The Labute approximate surface area is 159 Å². The van der Waals surface area contributed by atoms with Gasteiger partial charge in [-0.2, -0.15) is 0 Å². The van der Waals surface area contributed by atoms with Crippen molar-refractivity contribution in [3.05, 3.63) is 71.8 Å². The van der Waals surface area contributed by atoms with Gasteiger partial charge in [-0.25, -0.2) is 12.7 Å². The molecule has 2 fully saturated rings. The van der Waals surface area contributed by atoms with Crippen LogP contribution in [0.2, 0.25) is 0 Å². The zero-order valence-corrected chi connectivity index (χ0v) is 15.8. The fourth-order valence-corrected chi connectivity index (χ4v) is 6.11. The van der Waals surface area contributed by atoms with Crippen molar-refractivity contribution >= 4 is 21.6 Å². The smallest absolute Gasteiger partial charge is 0.277 e. The number of sulfonamides is 1. The molecule has 2 aromatic rings. The summed E-state index contributed by atoms with van der Waals surface area (Å²) in [6.07, 6.45) is 3.38. The highest BCUT2D eigenvalue weighted by molar-refractivity contribution is 7.91. The number of nitrogens with zero attached hydrogens (tertiary/aromatic N) is 2. The number of amides is 1. The maximum Gasteiger partial charge on any atom is 0.283 e. The largest absolute Gasteiger partial charge is 0.283 e. The van der Waals surface area contributed by atoms with Crippen LogP contribution in [0, 0.1) is 0 Å². The van der Waals surface area contributed by atoms with Crippen LogP contribution < -0.4 is 0 Å². The number of benzene rings is 2. The third-order valence-corrected chi connectivity index (χ3v) is 7.38. The van der Waals surface area contributed by atoms with E-state index in [4.69, 9.17) is 0 Å². The van der Waals surface area contributed by atoms with Crippen LogP contribution in [-0.2, 0) is 21.4 Å². The molecule has 1 aliphatic carbocycles. The summed E-state index contributed by atoms with van der Waals surface area (Å²) in [6, 6.07) is 18.3. The second kappa shape index (κ2) is 7.27. The predicted octanol–water partition coefficient (Wildman–Crippen LogP) is 3.48. The minimum atomic E-state index is -3.81. The number of carbonyl (C=O) groups excluding carboxylic acids is 1. The van der Waals surface area contributed by atoms with E-state index in [1.165, 1.54) is 0 Å². The van der Waals surface area contributed by atoms with E-state index in [1.54, 1.807) is 24.3 Å². The lowest BCUT2D eigenvalue weighted by Crippen LogP contribution is -2.38. The van der Waals surface area contributed by atoms with Crippen LogP contribution in [0.1, 0.15) is 42.1 Å². The molecule has 4 rings (SSSR count). The van der Waals surface area contributed by atoms with Gasteiger partial charge in [-0.15, -0.1) is 0 Å². The molecule has 1 atom stereocenters. The van der Waals surface area contributed by atoms with Gasteiger partial charge in [-0.05, 0) is 24.0 Å². The van der Waals surface area contributed by atoms with Gasteiger partial charge >= 0.3 is 0 Å². The van der Waals surface area contributed by atoms with Crippen molar-refractivity contribution in [2.45, 2.75) is 43.5 Å². The van der Waals surface area contributed by atoms with E-state index in [-0.39, 0.29) is 11.8 Å². The van der Waals surface area contributed by atoms with Gasteiger partial charge in [0.2, 0.25) is 0 Å². The van der Waals surface area contributed by atoms with Crippen molar-refractivity contribution < 1.29 is 13.2 Å². The molecule has 1 aliphatic heterocycles. The first-order chi connectivity index (χ1) is 13.1. The van der Waals surface area contributed by atoms with Crippen molar-refractivity contribution in [3.8, 4) is 0 Å². The first-order valence-corrected chi connectivity index (χ1v) is 10.8. The monoisotopic (exact) mass is 382 g/mol. The summed E-state index contributed by atoms with van der Waals surface area (Å²) in [5.41, 5.74) is 1.68. The van der Waals surface area contributed by atoms with Crippen LogP contribution in [-0.4, -0.2) is 30.4 Å². The zero-order valence-electron chi connectivity index (χ0n) is 15.0. The Kier molecular flexibility index (Phi) is 4.83. The fraction of sp³-hybridized carbons (Fsp3) is 0.333. The average Bonchev–Trinajstić information content (AvgIpc) is 3.26. The van der Waals surface area contributed by atoms with Crippen molar-refractivity contribution in [2.75, 3.05) is 0 Å². The Morgan fingerprint density at radius 1 is 0.926 bits per heavy atom. The van der Waals surface area contributed by atoms with Gasteiger partial charge in [0.05, 0.1) is 6.54 Å². The third-order valence-electron chi connectivity index (χ3n) is 5.27. The third kappa shape index (κ3) is 3.30. The lowest BCUT2D eigenvalue weighted by Gasteiger charge is -2.22. The molecule has 1 heterocycles. The summed E-state index contributed by atoms with van der Waals surface area (Å²) in [5.74, 6) is -0.452. The molecule has 1 amide bonds. The van der Waals surface area contributed by atoms with Gasteiger partial charge < -0.3 is 0 Å². The van der Waals surface area contributed by atoms with E-state index >= 15 is 0 Å². The van der Waals surface area contributed by atoms with Gasteiger partial charge in [-0.1, -0.05) is 73.5 Å². The van der Waals surface area contributed by atoms with Crippen LogP contribution >= 0.6 is 0 Å². The quantitative estimate of drug-likeness (QED) is 0.813. The first kappa shape index (κ1) is 17.9. The van der Waals surface area contributed by atoms with Gasteiger partial charge in [0.25, 0.3) is 15.9 Å². The lowest BCUT2D eigenvalue weighted by molar-refractivity contribution is -0.120. The van der Waals surface area contributed by atoms with E-state index in [2.05, 4.69) is 4.99 Å². The van der Waals surface area contributed by atoms with Crippen molar-refractivity contribution in [3.63, 3.8) is 0 Å². The second-order valence-electron chi connectivity index (χ2n) is 7.06. The molecule has 5 nitrogen and oxygen atoms in total. The van der Waals surface area contributed by atoms with E-state index < -0.39 is 21.2 Å². The van der Waals surface area contributed by atoms with Crippen molar-refractivity contribution in [1.29, 1.82) is 0 Å². The molecule has 0 aromatic heterocycles. The normalized spacial score (nSPS) is 24.0. The van der Waals surface area contributed by atoms with E-state index in [0.29, 0.717) is 12.1 Å². The molecule has 2 aliphatic rings. The van der Waals surface area contributed by atoms with Crippen LogP contribution in [0.25, 0.3) is 0 Å². The highest BCUT2D eigenvalue weighted by atomic mass is 32.2. The van der Waals surface area contributed by atoms with Gasteiger partial charge in [0.1, 0.15) is 5.71 Å². The molecule has 0 spiro atoms. The molecule has 2 aromatic carbocycles. The molecule has 0 bridgehead atoms. The second-order valence-corrected chi connectivity index (χ2v) is 8.96. The topological polar surface area (TPSA) is 66.8 Å². The van der Waals surface area contributed by atoms with E-state index in [9.17, 15) is 13.2 Å². The minimum Gasteiger partial charge on any atom is -0.277 e. The molecule has 6 heteroatoms. The van der Waals surface area contributed by atoms with Crippen molar-refractivity contribution in [2.24, 2.45) is 4.99 Å². The van der Waals surface area contributed by atoms with Crippen LogP contribution in [0.15, 0.2) is 65.7 Å². The molecule has 140 valence electrons. The zero-order chi connectivity index (χ0) is 18.9. The molecule has 1 unspecified atom stereocenters. The number of hydrogen-bond donors (Lipinski definition) is 0. The molecular formula is C21H22N2O3S. The molecule has 27 heavy (non-hydrogen) atoms. The fourth-order valence-electron chi connectivity index (χ4n) is 3.98. The number of aliphatic imine (C=N–C) groups is 1. The Morgan fingerprint density at radius 3 is 2.15 bits per heavy atom. The van der Waals surface area contributed by atoms with Crippen molar-refractivity contribution in [1.82, 2.24) is 4.31 Å². The summed E-state index contributed by atoms with van der Waals surface area (Å²) >= 11 is 0. The maximum absolute atomic E-state index is 13.3. The highest BCUT2D eigenvalue weighted by Gasteiger charge is 2.53. The Bertz CT molecular complexity index is 949. The summed E-state index contributed by atoms with van der Waals surface area (Å²) in [6.45, 7) is 0.291. The Morgan fingerprint density at radius 2 is 1.52 bits per heavy atom. The SMILES string of the molecule is O=C1C(=NCc2ccccc2)C(c2ccccc2)S(=O)(=O)N1C1CCCC1. The lowest BCUT2D eigenvalue weighted by atomic mass is 10.1. The van der Waals surface area contributed by atoms with Gasteiger partial charge in [0, 0.05) is 6.04 Å². The molecule has 0 radical (unpaired) electrons. The van der Waals surface area contributed by atoms with Crippen LogP contribution in [0.3, 0.4) is 0 Å². The van der Waals surface area contributed by atoms with E-state index in [1.807, 2.05) is 36.4 Å².